The standard InChI is InChI=1S/C27H30ClN3.C26H28ClN3/c1-19-5-4-13-31(19)16-11-21-17-22-6-3-12-29-27(22)26(20-9-14-30(2)15-10-20)24-8-7-23(28)18-25(21)24;1-18-4-3-14-30(18)15-10-20-16-21-5-2-11-29-26(21)25(19-8-12-28-13-9-19)23-7-6-22(27)17-24(20)23/h3-8,12-13,17-18,20,26H,9-11,14-16H2,1-2H3;2-7,11,14,16-17,19,25,28H,8-10,12-13,15H2,1H3. The fourth-order valence-electron chi connectivity index (χ4n) is 10.5. The monoisotopic (exact) mass is 848 g/mol. The van der Waals surface area contributed by atoms with E-state index in [1.54, 1.807) is 0 Å². The summed E-state index contributed by atoms with van der Waals surface area (Å²) in [6.07, 6.45) is 19.7. The van der Waals surface area contributed by atoms with Gasteiger partial charge in [-0.15, -0.1) is 0 Å². The average Bonchev–Trinajstić information content (AvgIpc) is 3.82. The molecule has 8 heteroatoms. The number of hydrogen-bond donors (Lipinski definition) is 1. The van der Waals surface area contributed by atoms with Crippen LogP contribution >= 0.6 is 23.2 Å². The largest absolute Gasteiger partial charge is 0.351 e. The maximum absolute atomic E-state index is 6.53. The number of piperidine rings is 2. The van der Waals surface area contributed by atoms with Crippen LogP contribution in [0.4, 0.5) is 0 Å². The first-order valence-corrected chi connectivity index (χ1v) is 23.1. The van der Waals surface area contributed by atoms with Crippen LogP contribution in [-0.4, -0.2) is 57.2 Å². The van der Waals surface area contributed by atoms with Crippen LogP contribution in [0.25, 0.3) is 23.3 Å². The zero-order valence-corrected chi connectivity index (χ0v) is 37.3. The van der Waals surface area contributed by atoms with Gasteiger partial charge in [0.05, 0.1) is 11.4 Å². The Morgan fingerprint density at radius 2 is 1.08 bits per heavy atom. The molecule has 4 aliphatic rings. The number of halogens is 2. The van der Waals surface area contributed by atoms with Crippen LogP contribution < -0.4 is 5.32 Å². The van der Waals surface area contributed by atoms with Gasteiger partial charge >= 0.3 is 0 Å². The van der Waals surface area contributed by atoms with Crippen molar-refractivity contribution in [1.82, 2.24) is 29.3 Å². The molecule has 10 rings (SSSR count). The van der Waals surface area contributed by atoms with Crippen LogP contribution in [-0.2, 0) is 13.1 Å². The van der Waals surface area contributed by atoms with E-state index in [4.69, 9.17) is 33.2 Å². The first-order chi connectivity index (χ1) is 29.8. The maximum Gasteiger partial charge on any atom is 0.0553 e. The lowest BCUT2D eigenvalue weighted by atomic mass is 9.76. The van der Waals surface area contributed by atoms with Crippen molar-refractivity contribution in [2.75, 3.05) is 33.2 Å². The molecule has 0 saturated carbocycles. The number of nitrogens with zero attached hydrogens (tertiary/aromatic N) is 5. The maximum atomic E-state index is 6.53. The lowest BCUT2D eigenvalue weighted by molar-refractivity contribution is 0.206. The van der Waals surface area contributed by atoms with Crippen LogP contribution in [0.15, 0.2) is 110 Å². The summed E-state index contributed by atoms with van der Waals surface area (Å²) in [6, 6.07) is 30.1. The normalized spacial score (nSPS) is 19.2. The molecule has 2 fully saturated rings. The van der Waals surface area contributed by atoms with Crippen LogP contribution in [0, 0.1) is 25.7 Å². The van der Waals surface area contributed by atoms with E-state index >= 15 is 0 Å². The third-order valence-electron chi connectivity index (χ3n) is 13.8. The summed E-state index contributed by atoms with van der Waals surface area (Å²) in [6.45, 7) is 10.7. The second-order valence-electron chi connectivity index (χ2n) is 17.6. The van der Waals surface area contributed by atoms with Crippen molar-refractivity contribution in [3.8, 4) is 0 Å². The Morgan fingerprint density at radius 3 is 1.54 bits per heavy atom. The lowest BCUT2D eigenvalue weighted by Crippen LogP contribution is -2.33. The Kier molecular flexibility index (Phi) is 12.8. The Labute approximate surface area is 372 Å². The third kappa shape index (κ3) is 9.11. The fraction of sp³-hybridized carbons (Fsp3) is 0.358. The van der Waals surface area contributed by atoms with Gasteiger partial charge < -0.3 is 19.4 Å². The van der Waals surface area contributed by atoms with Gasteiger partial charge in [0.15, 0.2) is 0 Å². The first-order valence-electron chi connectivity index (χ1n) is 22.3. The Balaban J connectivity index is 0.000000156. The second kappa shape index (κ2) is 18.7. The Morgan fingerprint density at radius 1 is 0.607 bits per heavy atom. The number of fused-ring (bicyclic) bond motifs is 4. The number of nitrogens with one attached hydrogen (secondary N) is 1. The van der Waals surface area contributed by atoms with E-state index in [0.717, 1.165) is 62.2 Å². The summed E-state index contributed by atoms with van der Waals surface area (Å²) in [7, 11) is 2.23. The fourth-order valence-corrected chi connectivity index (χ4v) is 10.8. The van der Waals surface area contributed by atoms with E-state index in [1.807, 2.05) is 12.4 Å². The Bertz CT molecular complexity index is 2530. The first kappa shape index (κ1) is 41.6. The van der Waals surface area contributed by atoms with Gasteiger partial charge in [-0.05, 0) is 215 Å². The summed E-state index contributed by atoms with van der Waals surface area (Å²) in [5.74, 6) is 1.83. The highest BCUT2D eigenvalue weighted by Crippen LogP contribution is 2.47. The van der Waals surface area contributed by atoms with E-state index in [-0.39, 0.29) is 0 Å². The molecule has 2 unspecified atom stereocenters. The number of allylic oxidation sites excluding steroid dienone is 2. The highest BCUT2D eigenvalue weighted by molar-refractivity contribution is 6.31. The molecule has 2 aliphatic heterocycles. The lowest BCUT2D eigenvalue weighted by Gasteiger charge is -2.35. The number of aromatic nitrogens is 4. The molecule has 1 N–H and O–H groups in total. The topological polar surface area (TPSA) is 50.9 Å². The molecule has 2 aromatic carbocycles. The van der Waals surface area contributed by atoms with Gasteiger partial charge in [0.25, 0.3) is 0 Å². The quantitative estimate of drug-likeness (QED) is 0.166. The van der Waals surface area contributed by atoms with Gasteiger partial charge in [0.1, 0.15) is 0 Å². The minimum Gasteiger partial charge on any atom is -0.351 e. The van der Waals surface area contributed by atoms with Gasteiger partial charge in [-0.3, -0.25) is 9.97 Å². The van der Waals surface area contributed by atoms with Gasteiger partial charge in [-0.25, -0.2) is 0 Å². The number of benzene rings is 2. The molecule has 6 nitrogen and oxygen atoms in total. The summed E-state index contributed by atoms with van der Waals surface area (Å²) in [5.41, 5.74) is 15.7. The van der Waals surface area contributed by atoms with Gasteiger partial charge in [0.2, 0.25) is 0 Å². The van der Waals surface area contributed by atoms with E-state index < -0.39 is 0 Å². The zero-order valence-electron chi connectivity index (χ0n) is 35.8. The van der Waals surface area contributed by atoms with Gasteiger partial charge in [0, 0.05) is 71.1 Å². The molecule has 4 aromatic heterocycles. The molecule has 314 valence electrons. The predicted octanol–water partition coefficient (Wildman–Crippen LogP) is 12.2. The number of pyridine rings is 2. The number of likely N-dealkylation sites (tertiary alicyclic amines) is 1. The van der Waals surface area contributed by atoms with Crippen molar-refractivity contribution in [3.63, 3.8) is 0 Å². The minimum absolute atomic E-state index is 0.317. The summed E-state index contributed by atoms with van der Waals surface area (Å²) in [5, 5.41) is 5.13. The smallest absolute Gasteiger partial charge is 0.0553 e. The zero-order chi connectivity index (χ0) is 41.9. The van der Waals surface area contributed by atoms with Crippen LogP contribution in [0.2, 0.25) is 10.0 Å². The molecule has 6 heterocycles. The summed E-state index contributed by atoms with van der Waals surface area (Å²) >= 11 is 13.0. The van der Waals surface area contributed by atoms with Gasteiger partial charge in [-0.1, -0.05) is 47.5 Å². The van der Waals surface area contributed by atoms with Crippen LogP contribution in [0.1, 0.15) is 107 Å². The number of rotatable bonds is 8. The van der Waals surface area contributed by atoms with Crippen molar-refractivity contribution in [1.29, 1.82) is 0 Å². The average molecular weight is 850 g/mol. The van der Waals surface area contributed by atoms with E-state index in [0.29, 0.717) is 23.7 Å². The molecule has 0 spiro atoms. The molecule has 2 aliphatic carbocycles. The highest BCUT2D eigenvalue weighted by atomic mass is 35.5. The molecule has 2 saturated heterocycles. The highest BCUT2D eigenvalue weighted by Gasteiger charge is 2.35. The van der Waals surface area contributed by atoms with Crippen molar-refractivity contribution in [2.24, 2.45) is 11.8 Å². The minimum atomic E-state index is 0.317. The van der Waals surface area contributed by atoms with Crippen molar-refractivity contribution >= 4 is 46.5 Å². The molecular formula is C53H58Cl2N6. The predicted molar refractivity (Wildman–Crippen MR) is 254 cm³/mol. The number of aryl methyl sites for hydroxylation is 4. The van der Waals surface area contributed by atoms with Crippen LogP contribution in [0.3, 0.4) is 0 Å². The van der Waals surface area contributed by atoms with Crippen molar-refractivity contribution in [3.05, 3.63) is 176 Å². The van der Waals surface area contributed by atoms with Crippen LogP contribution in [0.5, 0.6) is 0 Å². The molecular weight excluding hydrogens is 792 g/mol. The molecule has 0 radical (unpaired) electrons. The molecule has 61 heavy (non-hydrogen) atoms. The Hall–Kier alpha value is -4.72. The summed E-state index contributed by atoms with van der Waals surface area (Å²) < 4.78 is 4.65. The second-order valence-corrected chi connectivity index (χ2v) is 18.5. The third-order valence-corrected chi connectivity index (χ3v) is 14.3. The van der Waals surface area contributed by atoms with E-state index in [1.165, 1.54) is 93.0 Å². The molecule has 2 atom stereocenters. The molecule has 6 aromatic rings. The van der Waals surface area contributed by atoms with E-state index in [2.05, 4.69) is 150 Å². The number of hydrogen-bond acceptors (Lipinski definition) is 4. The molecule has 0 bridgehead atoms. The van der Waals surface area contributed by atoms with Crippen molar-refractivity contribution < 1.29 is 0 Å². The van der Waals surface area contributed by atoms with Gasteiger partial charge in [-0.2, -0.15) is 0 Å². The van der Waals surface area contributed by atoms with Crippen molar-refractivity contribution in [2.45, 2.75) is 77.3 Å². The molecule has 0 amide bonds. The summed E-state index contributed by atoms with van der Waals surface area (Å²) in [4.78, 5) is 12.3. The van der Waals surface area contributed by atoms with E-state index in [9.17, 15) is 0 Å². The SMILES string of the molecule is Cc1cccn1CCC1=Cc2cccnc2C(C2CCN(C)CC2)c2ccc(Cl)cc21.Cc1cccn1CCC1=Cc2cccnc2C(C2CCNCC2)c2ccc(Cl)cc21.